The monoisotopic (exact) mass is 461 g/mol. The lowest BCUT2D eigenvalue weighted by molar-refractivity contribution is -0.222. The summed E-state index contributed by atoms with van der Waals surface area (Å²) in [6, 6.07) is 3.23. The summed E-state index contributed by atoms with van der Waals surface area (Å²) in [7, 11) is 1.25. The molecule has 1 fully saturated rings. The topological polar surface area (TPSA) is 90.9 Å². The number of hydrogen-bond donors (Lipinski definition) is 1. The molecule has 1 N–H and O–H groups in total. The molecular formula is C15H13Br2NO6. The number of esters is 3. The van der Waals surface area contributed by atoms with E-state index in [2.05, 4.69) is 37.2 Å². The van der Waals surface area contributed by atoms with Crippen molar-refractivity contribution in [2.45, 2.75) is 19.6 Å². The van der Waals surface area contributed by atoms with Gasteiger partial charge in [0.2, 0.25) is 0 Å². The zero-order valence-electron chi connectivity index (χ0n) is 12.9. The highest BCUT2D eigenvalue weighted by Crippen LogP contribution is 2.32. The summed E-state index contributed by atoms with van der Waals surface area (Å²) in [5, 5.41) is 2.75. The van der Waals surface area contributed by atoms with Crippen molar-refractivity contribution >= 4 is 55.5 Å². The van der Waals surface area contributed by atoms with Gasteiger partial charge in [0.05, 0.1) is 18.4 Å². The first-order valence-corrected chi connectivity index (χ1v) is 8.24. The summed E-state index contributed by atoms with van der Waals surface area (Å²) in [5.74, 6) is -3.55. The van der Waals surface area contributed by atoms with E-state index in [1.807, 2.05) is 0 Å². The van der Waals surface area contributed by atoms with Gasteiger partial charge in [0.25, 0.3) is 5.79 Å². The first-order chi connectivity index (χ1) is 11.1. The molecular weight excluding hydrogens is 450 g/mol. The number of cyclic esters (lactones) is 2. The molecule has 0 bridgehead atoms. The van der Waals surface area contributed by atoms with Crippen LogP contribution >= 0.6 is 31.9 Å². The number of ether oxygens (including phenoxy) is 3. The Morgan fingerprint density at radius 2 is 1.79 bits per heavy atom. The number of carbonyl (C=O) groups excluding carboxylic acids is 3. The fourth-order valence-electron chi connectivity index (χ4n) is 1.91. The quantitative estimate of drug-likeness (QED) is 0.419. The second-order valence-electron chi connectivity index (χ2n) is 5.18. The van der Waals surface area contributed by atoms with Crippen LogP contribution in [0.1, 0.15) is 24.2 Å². The lowest BCUT2D eigenvalue weighted by Gasteiger charge is -2.29. The molecule has 1 saturated heterocycles. The van der Waals surface area contributed by atoms with E-state index in [-0.39, 0.29) is 11.1 Å². The number of hydrogen-bond acceptors (Lipinski definition) is 7. The average molecular weight is 463 g/mol. The number of anilines is 1. The molecule has 1 heterocycles. The van der Waals surface area contributed by atoms with Crippen molar-refractivity contribution in [2.24, 2.45) is 0 Å². The second kappa shape index (κ2) is 6.94. The molecule has 0 atom stereocenters. The van der Waals surface area contributed by atoms with Crippen molar-refractivity contribution in [2.75, 3.05) is 12.4 Å². The maximum Gasteiger partial charge on any atom is 0.350 e. The Bertz CT molecular complexity index is 735. The molecule has 128 valence electrons. The van der Waals surface area contributed by atoms with Gasteiger partial charge in [-0.1, -0.05) is 15.9 Å². The molecule has 0 aromatic heterocycles. The smallest absolute Gasteiger partial charge is 0.350 e. The lowest BCUT2D eigenvalue weighted by Crippen LogP contribution is -2.42. The van der Waals surface area contributed by atoms with Crippen molar-refractivity contribution in [3.05, 3.63) is 38.4 Å². The number of halogens is 2. The Hall–Kier alpha value is -1.87. The van der Waals surface area contributed by atoms with E-state index in [1.165, 1.54) is 27.0 Å². The van der Waals surface area contributed by atoms with Crippen LogP contribution in [0.15, 0.2) is 32.9 Å². The van der Waals surface area contributed by atoms with Crippen LogP contribution in [-0.2, 0) is 23.8 Å². The van der Waals surface area contributed by atoms with Gasteiger partial charge in [-0.05, 0) is 28.1 Å². The Balaban J connectivity index is 2.37. The largest absolute Gasteiger partial charge is 0.465 e. The average Bonchev–Trinajstić information content (AvgIpc) is 2.45. The summed E-state index contributed by atoms with van der Waals surface area (Å²) in [6.45, 7) is 2.90. The SMILES string of the molecule is COC(=O)c1cc(Br)cc(Br)c1NC=C1C(=O)OC(C)(C)OC1=O. The maximum absolute atomic E-state index is 11.9. The Labute approximate surface area is 154 Å². The van der Waals surface area contributed by atoms with Gasteiger partial charge in [-0.15, -0.1) is 0 Å². The standard InChI is InChI=1S/C15H13Br2NO6/c1-15(2)23-13(20)9(14(21)24-15)6-18-11-8(12(19)22-3)4-7(16)5-10(11)17/h4-6,18H,1-3H3. The zero-order valence-corrected chi connectivity index (χ0v) is 16.1. The Morgan fingerprint density at radius 3 is 2.33 bits per heavy atom. The van der Waals surface area contributed by atoms with Gasteiger partial charge in [-0.3, -0.25) is 0 Å². The van der Waals surface area contributed by atoms with Gasteiger partial charge < -0.3 is 19.5 Å². The minimum atomic E-state index is -1.32. The summed E-state index contributed by atoms with van der Waals surface area (Å²) >= 11 is 6.58. The summed E-state index contributed by atoms with van der Waals surface area (Å²) in [6.07, 6.45) is 1.13. The molecule has 0 spiro atoms. The van der Waals surface area contributed by atoms with Crippen molar-refractivity contribution in [3.63, 3.8) is 0 Å². The van der Waals surface area contributed by atoms with Gasteiger partial charge in [-0.25, -0.2) is 14.4 Å². The lowest BCUT2D eigenvalue weighted by atomic mass is 10.1. The van der Waals surface area contributed by atoms with Crippen LogP contribution in [0.3, 0.4) is 0 Å². The fraction of sp³-hybridized carbons (Fsp3) is 0.267. The van der Waals surface area contributed by atoms with Crippen LogP contribution < -0.4 is 5.32 Å². The molecule has 0 amide bonds. The minimum Gasteiger partial charge on any atom is -0.465 e. The van der Waals surface area contributed by atoms with E-state index in [9.17, 15) is 14.4 Å². The molecule has 7 nitrogen and oxygen atoms in total. The third-order valence-electron chi connectivity index (χ3n) is 2.94. The van der Waals surface area contributed by atoms with Crippen molar-refractivity contribution in [3.8, 4) is 0 Å². The number of carbonyl (C=O) groups is 3. The molecule has 9 heteroatoms. The second-order valence-corrected chi connectivity index (χ2v) is 6.95. The maximum atomic E-state index is 11.9. The molecule has 1 aliphatic rings. The van der Waals surface area contributed by atoms with E-state index in [4.69, 9.17) is 14.2 Å². The van der Waals surface area contributed by atoms with Gasteiger partial charge in [0, 0.05) is 29.0 Å². The minimum absolute atomic E-state index is 0.202. The van der Waals surface area contributed by atoms with Crippen molar-refractivity contribution < 1.29 is 28.6 Å². The molecule has 2 rings (SSSR count). The van der Waals surface area contributed by atoms with Gasteiger partial charge in [0.1, 0.15) is 0 Å². The highest BCUT2D eigenvalue weighted by molar-refractivity contribution is 9.11. The number of rotatable bonds is 3. The molecule has 0 radical (unpaired) electrons. The normalized spacial score (nSPS) is 16.1. The van der Waals surface area contributed by atoms with Gasteiger partial charge >= 0.3 is 17.9 Å². The van der Waals surface area contributed by atoms with Crippen LogP contribution in [0.25, 0.3) is 0 Å². The van der Waals surface area contributed by atoms with Gasteiger partial charge in [-0.2, -0.15) is 0 Å². The van der Waals surface area contributed by atoms with Crippen molar-refractivity contribution in [1.29, 1.82) is 0 Å². The van der Waals surface area contributed by atoms with E-state index in [0.29, 0.717) is 14.6 Å². The summed E-state index contributed by atoms with van der Waals surface area (Å²) < 4.78 is 15.9. The Morgan fingerprint density at radius 1 is 1.21 bits per heavy atom. The highest BCUT2D eigenvalue weighted by atomic mass is 79.9. The number of nitrogens with one attached hydrogen (secondary N) is 1. The van der Waals surface area contributed by atoms with Gasteiger partial charge in [0.15, 0.2) is 5.57 Å². The van der Waals surface area contributed by atoms with Crippen LogP contribution in [-0.4, -0.2) is 30.8 Å². The summed E-state index contributed by atoms with van der Waals surface area (Å²) in [4.78, 5) is 35.7. The third-order valence-corrected chi connectivity index (χ3v) is 4.02. The van der Waals surface area contributed by atoms with Crippen LogP contribution in [0.4, 0.5) is 5.69 Å². The fourth-order valence-corrected chi connectivity index (χ4v) is 3.25. The molecule has 1 aromatic carbocycles. The first-order valence-electron chi connectivity index (χ1n) is 6.65. The van der Waals surface area contributed by atoms with Crippen LogP contribution in [0.2, 0.25) is 0 Å². The molecule has 24 heavy (non-hydrogen) atoms. The number of methoxy groups -OCH3 is 1. The Kier molecular flexibility index (Phi) is 5.34. The van der Waals surface area contributed by atoms with E-state index >= 15 is 0 Å². The summed E-state index contributed by atoms with van der Waals surface area (Å²) in [5.41, 5.74) is 0.205. The molecule has 1 aliphatic heterocycles. The molecule has 0 aliphatic carbocycles. The van der Waals surface area contributed by atoms with Crippen LogP contribution in [0.5, 0.6) is 0 Å². The van der Waals surface area contributed by atoms with E-state index in [0.717, 1.165) is 6.20 Å². The van der Waals surface area contributed by atoms with E-state index < -0.39 is 23.7 Å². The van der Waals surface area contributed by atoms with E-state index in [1.54, 1.807) is 6.07 Å². The molecule has 0 unspecified atom stereocenters. The number of benzene rings is 1. The first kappa shape index (κ1) is 18.5. The predicted octanol–water partition coefficient (Wildman–Crippen LogP) is 3.13. The molecule has 0 saturated carbocycles. The van der Waals surface area contributed by atoms with Crippen molar-refractivity contribution in [1.82, 2.24) is 0 Å². The predicted molar refractivity (Wildman–Crippen MR) is 91.2 cm³/mol. The third kappa shape index (κ3) is 3.96. The zero-order chi connectivity index (χ0) is 18.1. The van der Waals surface area contributed by atoms with Crippen LogP contribution in [0, 0.1) is 0 Å². The molecule has 1 aromatic rings. The highest BCUT2D eigenvalue weighted by Gasteiger charge is 2.39.